The summed E-state index contributed by atoms with van der Waals surface area (Å²) in [6, 6.07) is 1.92. The minimum atomic E-state index is -0.0248. The third kappa shape index (κ3) is 3.02. The number of carbonyl (C=O) groups is 1. The molecule has 0 atom stereocenters. The molecule has 5 heteroatoms. The Labute approximate surface area is 116 Å². The van der Waals surface area contributed by atoms with Gasteiger partial charge < -0.3 is 10.6 Å². The molecule has 2 rings (SSSR count). The first-order valence-corrected chi connectivity index (χ1v) is 7.00. The number of hydrogen-bond acceptors (Lipinski definition) is 3. The van der Waals surface area contributed by atoms with Crippen LogP contribution in [0.2, 0.25) is 0 Å². The lowest BCUT2D eigenvalue weighted by Crippen LogP contribution is -2.39. The van der Waals surface area contributed by atoms with Gasteiger partial charge in [-0.3, -0.25) is 4.79 Å². The van der Waals surface area contributed by atoms with Crippen LogP contribution in [0.4, 0.5) is 5.82 Å². The Morgan fingerprint density at radius 3 is 2.83 bits per heavy atom. The molecule has 1 aromatic rings. The largest absolute Gasteiger partial charge is 0.383 e. The number of hydrogen-bond donors (Lipinski definition) is 1. The smallest absolute Gasteiger partial charge is 0.257 e. The Kier molecular flexibility index (Phi) is 3.90. The van der Waals surface area contributed by atoms with E-state index in [1.54, 1.807) is 12.3 Å². The van der Waals surface area contributed by atoms with Crippen LogP contribution < -0.4 is 5.73 Å². The lowest BCUT2D eigenvalue weighted by atomic mass is 10.2. The molecule has 1 aliphatic rings. The number of amides is 1. The standard InChI is InChI=1S/C13H18BrN3O/c1-8(2)17(7-9-3-4-9)13(18)11-5-10(14)6-16-12(11)15/h5-6,8-9H,3-4,7H2,1-2H3,(H2,15,16). The zero-order valence-corrected chi connectivity index (χ0v) is 12.3. The Hall–Kier alpha value is -1.10. The van der Waals surface area contributed by atoms with Crippen LogP contribution in [0.3, 0.4) is 0 Å². The first-order valence-electron chi connectivity index (χ1n) is 6.21. The van der Waals surface area contributed by atoms with Crippen LogP contribution in [-0.4, -0.2) is 28.4 Å². The van der Waals surface area contributed by atoms with Crippen molar-refractivity contribution in [1.82, 2.24) is 9.88 Å². The van der Waals surface area contributed by atoms with Crippen molar-refractivity contribution in [3.63, 3.8) is 0 Å². The second-order valence-electron chi connectivity index (χ2n) is 5.08. The highest BCUT2D eigenvalue weighted by atomic mass is 79.9. The normalized spacial score (nSPS) is 14.9. The van der Waals surface area contributed by atoms with E-state index in [9.17, 15) is 4.79 Å². The van der Waals surface area contributed by atoms with Gasteiger partial charge in [-0.15, -0.1) is 0 Å². The minimum Gasteiger partial charge on any atom is -0.383 e. The summed E-state index contributed by atoms with van der Waals surface area (Å²) in [4.78, 5) is 18.4. The van der Waals surface area contributed by atoms with E-state index in [4.69, 9.17) is 5.73 Å². The van der Waals surface area contributed by atoms with Crippen molar-refractivity contribution in [1.29, 1.82) is 0 Å². The number of nitrogens with two attached hydrogens (primary N) is 1. The van der Waals surface area contributed by atoms with Crippen molar-refractivity contribution >= 4 is 27.7 Å². The van der Waals surface area contributed by atoms with E-state index in [0.29, 0.717) is 17.3 Å². The predicted molar refractivity (Wildman–Crippen MR) is 75.2 cm³/mol. The topological polar surface area (TPSA) is 59.2 Å². The van der Waals surface area contributed by atoms with E-state index in [2.05, 4.69) is 20.9 Å². The molecule has 0 spiro atoms. The number of aromatic nitrogens is 1. The van der Waals surface area contributed by atoms with Crippen LogP contribution >= 0.6 is 15.9 Å². The zero-order valence-electron chi connectivity index (χ0n) is 10.7. The molecule has 0 aromatic carbocycles. The molecule has 0 radical (unpaired) electrons. The van der Waals surface area contributed by atoms with Gasteiger partial charge in [0.25, 0.3) is 5.91 Å². The third-order valence-electron chi connectivity index (χ3n) is 3.15. The highest BCUT2D eigenvalue weighted by Crippen LogP contribution is 2.31. The van der Waals surface area contributed by atoms with Crippen LogP contribution in [0, 0.1) is 5.92 Å². The molecule has 0 unspecified atom stereocenters. The average Bonchev–Trinajstić information content (AvgIpc) is 3.12. The average molecular weight is 312 g/mol. The highest BCUT2D eigenvalue weighted by molar-refractivity contribution is 9.10. The monoisotopic (exact) mass is 311 g/mol. The molecule has 1 aliphatic carbocycles. The van der Waals surface area contributed by atoms with Crippen LogP contribution in [0.25, 0.3) is 0 Å². The molecular weight excluding hydrogens is 294 g/mol. The minimum absolute atomic E-state index is 0.0248. The summed E-state index contributed by atoms with van der Waals surface area (Å²) in [6.07, 6.45) is 4.05. The molecule has 18 heavy (non-hydrogen) atoms. The van der Waals surface area contributed by atoms with Crippen molar-refractivity contribution in [2.24, 2.45) is 5.92 Å². The van der Waals surface area contributed by atoms with Crippen molar-refractivity contribution in [2.45, 2.75) is 32.7 Å². The maximum atomic E-state index is 12.5. The summed E-state index contributed by atoms with van der Waals surface area (Å²) in [5.41, 5.74) is 6.28. The Morgan fingerprint density at radius 1 is 1.61 bits per heavy atom. The van der Waals surface area contributed by atoms with E-state index >= 15 is 0 Å². The highest BCUT2D eigenvalue weighted by Gasteiger charge is 2.29. The summed E-state index contributed by atoms with van der Waals surface area (Å²) in [5, 5.41) is 0. The van der Waals surface area contributed by atoms with Crippen molar-refractivity contribution in [3.8, 4) is 0 Å². The molecule has 2 N–H and O–H groups in total. The fourth-order valence-electron chi connectivity index (χ4n) is 1.88. The van der Waals surface area contributed by atoms with Gasteiger partial charge in [-0.05, 0) is 54.6 Å². The van der Waals surface area contributed by atoms with E-state index in [-0.39, 0.29) is 11.9 Å². The van der Waals surface area contributed by atoms with E-state index in [1.807, 2.05) is 18.7 Å². The fraction of sp³-hybridized carbons (Fsp3) is 0.538. The number of nitrogens with zero attached hydrogens (tertiary/aromatic N) is 2. The quantitative estimate of drug-likeness (QED) is 0.930. The van der Waals surface area contributed by atoms with Crippen LogP contribution in [0.15, 0.2) is 16.7 Å². The first kappa shape index (κ1) is 13.3. The number of halogens is 1. The molecule has 4 nitrogen and oxygen atoms in total. The first-order chi connectivity index (χ1) is 8.49. The van der Waals surface area contributed by atoms with Gasteiger partial charge in [-0.2, -0.15) is 0 Å². The summed E-state index contributed by atoms with van der Waals surface area (Å²) >= 11 is 3.33. The molecule has 1 amide bonds. The van der Waals surface area contributed by atoms with Gasteiger partial charge in [-0.25, -0.2) is 4.98 Å². The summed E-state index contributed by atoms with van der Waals surface area (Å²) in [5.74, 6) is 0.936. The van der Waals surface area contributed by atoms with Crippen LogP contribution in [0.1, 0.15) is 37.0 Å². The molecular formula is C13H18BrN3O. The zero-order chi connectivity index (χ0) is 13.3. The molecule has 0 bridgehead atoms. The lowest BCUT2D eigenvalue weighted by Gasteiger charge is -2.27. The van der Waals surface area contributed by atoms with Gasteiger partial charge in [0.2, 0.25) is 0 Å². The van der Waals surface area contributed by atoms with Gasteiger partial charge >= 0.3 is 0 Å². The van der Waals surface area contributed by atoms with Gasteiger partial charge in [-0.1, -0.05) is 0 Å². The fourth-order valence-corrected chi connectivity index (χ4v) is 2.21. The van der Waals surface area contributed by atoms with E-state index in [1.165, 1.54) is 12.8 Å². The van der Waals surface area contributed by atoms with Crippen LogP contribution in [0.5, 0.6) is 0 Å². The summed E-state index contributed by atoms with van der Waals surface area (Å²) < 4.78 is 0.773. The number of carbonyl (C=O) groups excluding carboxylic acids is 1. The number of pyridine rings is 1. The second kappa shape index (κ2) is 5.26. The maximum Gasteiger partial charge on any atom is 0.257 e. The van der Waals surface area contributed by atoms with Crippen molar-refractivity contribution < 1.29 is 4.79 Å². The van der Waals surface area contributed by atoms with Gasteiger partial charge in [0.1, 0.15) is 5.82 Å². The summed E-state index contributed by atoms with van der Waals surface area (Å²) in [6.45, 7) is 4.88. The number of rotatable bonds is 4. The number of anilines is 1. The van der Waals surface area contributed by atoms with Crippen LogP contribution in [-0.2, 0) is 0 Å². The molecule has 0 saturated heterocycles. The van der Waals surface area contributed by atoms with E-state index in [0.717, 1.165) is 11.0 Å². The lowest BCUT2D eigenvalue weighted by molar-refractivity contribution is 0.0697. The SMILES string of the molecule is CC(C)N(CC1CC1)C(=O)c1cc(Br)cnc1N. The molecule has 98 valence electrons. The Balaban J connectivity index is 2.23. The predicted octanol–water partition coefficient (Wildman–Crippen LogP) is 2.69. The molecule has 0 aliphatic heterocycles. The van der Waals surface area contributed by atoms with Crippen molar-refractivity contribution in [3.05, 3.63) is 22.3 Å². The number of nitrogen functional groups attached to an aromatic ring is 1. The maximum absolute atomic E-state index is 12.5. The second-order valence-corrected chi connectivity index (χ2v) is 6.00. The Bertz CT molecular complexity index is 458. The van der Waals surface area contributed by atoms with Gasteiger partial charge in [0.15, 0.2) is 0 Å². The van der Waals surface area contributed by atoms with Gasteiger partial charge in [0, 0.05) is 23.3 Å². The van der Waals surface area contributed by atoms with Crippen molar-refractivity contribution in [2.75, 3.05) is 12.3 Å². The molecule has 1 saturated carbocycles. The van der Waals surface area contributed by atoms with E-state index < -0.39 is 0 Å². The van der Waals surface area contributed by atoms with Gasteiger partial charge in [0.05, 0.1) is 5.56 Å². The molecule has 1 aromatic heterocycles. The molecule has 1 heterocycles. The summed E-state index contributed by atoms with van der Waals surface area (Å²) in [7, 11) is 0. The Morgan fingerprint density at radius 2 is 2.28 bits per heavy atom. The third-order valence-corrected chi connectivity index (χ3v) is 3.59. The molecule has 1 fully saturated rings.